The van der Waals surface area contributed by atoms with Crippen molar-refractivity contribution < 1.29 is 5.11 Å². The third-order valence-electron chi connectivity index (χ3n) is 4.97. The maximum Gasteiger partial charge on any atom is 0.132 e. The van der Waals surface area contributed by atoms with Gasteiger partial charge in [0.25, 0.3) is 0 Å². The van der Waals surface area contributed by atoms with Crippen molar-refractivity contribution in [2.45, 2.75) is 38.7 Å². The molecule has 0 radical (unpaired) electrons. The minimum absolute atomic E-state index is 0.274. The number of nitrogens with two attached hydrogens (primary N) is 1. The predicted molar refractivity (Wildman–Crippen MR) is 101 cm³/mol. The van der Waals surface area contributed by atoms with E-state index in [2.05, 4.69) is 33.1 Å². The maximum absolute atomic E-state index is 10.6. The third-order valence-corrected chi connectivity index (χ3v) is 4.97. The van der Waals surface area contributed by atoms with Gasteiger partial charge in [0.05, 0.1) is 6.10 Å². The van der Waals surface area contributed by atoms with Crippen LogP contribution in [-0.4, -0.2) is 40.8 Å². The van der Waals surface area contributed by atoms with Crippen molar-refractivity contribution in [3.63, 3.8) is 0 Å². The van der Waals surface area contributed by atoms with Crippen LogP contribution in [0.15, 0.2) is 36.4 Å². The van der Waals surface area contributed by atoms with Crippen LogP contribution in [0.5, 0.6) is 0 Å². The number of anilines is 1. The molecule has 1 aliphatic rings. The van der Waals surface area contributed by atoms with E-state index >= 15 is 0 Å². The lowest BCUT2D eigenvalue weighted by Crippen LogP contribution is -2.39. The van der Waals surface area contributed by atoms with E-state index in [0.29, 0.717) is 12.5 Å². The zero-order chi connectivity index (χ0) is 17.6. The van der Waals surface area contributed by atoms with Crippen LogP contribution in [0.25, 0.3) is 0 Å². The summed E-state index contributed by atoms with van der Waals surface area (Å²) in [5.41, 5.74) is 7.87. The van der Waals surface area contributed by atoms with Gasteiger partial charge in [0.1, 0.15) is 11.6 Å². The van der Waals surface area contributed by atoms with Gasteiger partial charge in [0.15, 0.2) is 0 Å². The van der Waals surface area contributed by atoms with Crippen LogP contribution in [-0.2, 0) is 12.8 Å². The fourth-order valence-corrected chi connectivity index (χ4v) is 3.59. The summed E-state index contributed by atoms with van der Waals surface area (Å²) in [6.45, 7) is 4.38. The largest absolute Gasteiger partial charge is 0.392 e. The highest BCUT2D eigenvalue weighted by molar-refractivity contribution is 5.40. The molecule has 0 bridgehead atoms. The Morgan fingerprint density at radius 3 is 2.60 bits per heavy atom. The number of nitrogens with zero attached hydrogens (tertiary/aromatic N) is 3. The first-order valence-electron chi connectivity index (χ1n) is 9.17. The quantitative estimate of drug-likeness (QED) is 0.842. The smallest absolute Gasteiger partial charge is 0.132 e. The second kappa shape index (κ2) is 8.41. The first-order chi connectivity index (χ1) is 12.2. The highest BCUT2D eigenvalue weighted by Crippen LogP contribution is 2.26. The molecule has 1 aromatic heterocycles. The molecule has 0 unspecified atom stereocenters. The molecule has 2 heterocycles. The zero-order valence-corrected chi connectivity index (χ0v) is 14.9. The van der Waals surface area contributed by atoms with E-state index in [9.17, 15) is 5.11 Å². The number of hydrogen-bond donors (Lipinski definition) is 2. The molecular weight excluding hydrogens is 312 g/mol. The van der Waals surface area contributed by atoms with Gasteiger partial charge >= 0.3 is 0 Å². The maximum atomic E-state index is 10.6. The molecule has 1 aromatic carbocycles. The minimum Gasteiger partial charge on any atom is -0.392 e. The number of aliphatic hydroxyl groups is 1. The standard InChI is InChI=1S/C20H28N4O/c1-15-22-18(7-10-21)14-20(23-15)24-11-8-17(9-12-24)19(25)13-16-5-3-2-4-6-16/h2-6,14,17,19,25H,7-13,21H2,1H3/t19-/m0/s1. The monoisotopic (exact) mass is 340 g/mol. The van der Waals surface area contributed by atoms with Gasteiger partial charge in [-0.3, -0.25) is 0 Å². The number of benzene rings is 1. The Labute approximate surface area is 149 Å². The molecule has 1 aliphatic heterocycles. The molecule has 134 valence electrons. The SMILES string of the molecule is Cc1nc(CCN)cc(N2CCC([C@@H](O)Cc3ccccc3)CC2)n1. The fraction of sp³-hybridized carbons (Fsp3) is 0.500. The molecule has 5 nitrogen and oxygen atoms in total. The van der Waals surface area contributed by atoms with Crippen molar-refractivity contribution in [1.82, 2.24) is 9.97 Å². The number of aliphatic hydroxyl groups excluding tert-OH is 1. The van der Waals surface area contributed by atoms with E-state index in [1.807, 2.05) is 25.1 Å². The molecule has 3 N–H and O–H groups in total. The Kier molecular flexibility index (Phi) is 6.00. The highest BCUT2D eigenvalue weighted by atomic mass is 16.3. The molecule has 0 spiro atoms. The first kappa shape index (κ1) is 17.8. The van der Waals surface area contributed by atoms with Gasteiger partial charge in [-0.1, -0.05) is 30.3 Å². The van der Waals surface area contributed by atoms with Crippen molar-refractivity contribution in [3.05, 3.63) is 53.5 Å². The van der Waals surface area contributed by atoms with Crippen molar-refractivity contribution >= 4 is 5.82 Å². The summed E-state index contributed by atoms with van der Waals surface area (Å²) in [4.78, 5) is 11.3. The summed E-state index contributed by atoms with van der Waals surface area (Å²) in [5.74, 6) is 2.14. The lowest BCUT2D eigenvalue weighted by molar-refractivity contribution is 0.0929. The summed E-state index contributed by atoms with van der Waals surface area (Å²) in [6, 6.07) is 12.3. The van der Waals surface area contributed by atoms with Crippen LogP contribution < -0.4 is 10.6 Å². The van der Waals surface area contributed by atoms with Crippen LogP contribution in [0.2, 0.25) is 0 Å². The molecule has 5 heteroatoms. The average Bonchev–Trinajstić information content (AvgIpc) is 2.62. The molecule has 3 rings (SSSR count). The van der Waals surface area contributed by atoms with Gasteiger partial charge in [-0.05, 0) is 44.2 Å². The molecule has 1 atom stereocenters. The van der Waals surface area contributed by atoms with Gasteiger partial charge in [-0.15, -0.1) is 0 Å². The van der Waals surface area contributed by atoms with Crippen molar-refractivity contribution in [2.75, 3.05) is 24.5 Å². The van der Waals surface area contributed by atoms with Crippen LogP contribution in [0.1, 0.15) is 29.9 Å². The molecular formula is C20H28N4O. The van der Waals surface area contributed by atoms with E-state index in [4.69, 9.17) is 5.73 Å². The fourth-order valence-electron chi connectivity index (χ4n) is 3.59. The Balaban J connectivity index is 1.58. The molecule has 25 heavy (non-hydrogen) atoms. The lowest BCUT2D eigenvalue weighted by atomic mass is 9.88. The van der Waals surface area contributed by atoms with Crippen LogP contribution in [0.4, 0.5) is 5.82 Å². The third kappa shape index (κ3) is 4.77. The molecule has 1 saturated heterocycles. The summed E-state index contributed by atoms with van der Waals surface area (Å²) in [6.07, 6.45) is 3.22. The summed E-state index contributed by atoms with van der Waals surface area (Å²) < 4.78 is 0. The summed E-state index contributed by atoms with van der Waals surface area (Å²) >= 11 is 0. The Hall–Kier alpha value is -1.98. The normalized spacial score (nSPS) is 16.8. The van der Waals surface area contributed by atoms with Crippen molar-refractivity contribution in [2.24, 2.45) is 11.7 Å². The molecule has 0 saturated carbocycles. The lowest BCUT2D eigenvalue weighted by Gasteiger charge is -2.35. The Morgan fingerprint density at radius 1 is 1.20 bits per heavy atom. The minimum atomic E-state index is -0.274. The number of rotatable bonds is 6. The van der Waals surface area contributed by atoms with E-state index in [1.54, 1.807) is 0 Å². The van der Waals surface area contributed by atoms with Crippen molar-refractivity contribution in [3.8, 4) is 0 Å². The topological polar surface area (TPSA) is 75.3 Å². The first-order valence-corrected chi connectivity index (χ1v) is 9.17. The van der Waals surface area contributed by atoms with E-state index in [-0.39, 0.29) is 6.10 Å². The van der Waals surface area contributed by atoms with Crippen molar-refractivity contribution in [1.29, 1.82) is 0 Å². The van der Waals surface area contributed by atoms with Gasteiger partial charge in [-0.25, -0.2) is 9.97 Å². The second-order valence-electron chi connectivity index (χ2n) is 6.88. The van der Waals surface area contributed by atoms with Gasteiger partial charge in [-0.2, -0.15) is 0 Å². The highest BCUT2D eigenvalue weighted by Gasteiger charge is 2.26. The average molecular weight is 340 g/mol. The van der Waals surface area contributed by atoms with Gasteiger partial charge in [0, 0.05) is 31.3 Å². The Morgan fingerprint density at radius 2 is 1.92 bits per heavy atom. The van der Waals surface area contributed by atoms with E-state index in [0.717, 1.165) is 56.1 Å². The summed E-state index contributed by atoms with van der Waals surface area (Å²) in [7, 11) is 0. The molecule has 1 fully saturated rings. The predicted octanol–water partition coefficient (Wildman–Crippen LogP) is 2.11. The van der Waals surface area contributed by atoms with Crippen LogP contribution in [0, 0.1) is 12.8 Å². The van der Waals surface area contributed by atoms with E-state index in [1.165, 1.54) is 5.56 Å². The number of piperidine rings is 1. The zero-order valence-electron chi connectivity index (χ0n) is 14.9. The summed E-state index contributed by atoms with van der Waals surface area (Å²) in [5, 5.41) is 10.6. The second-order valence-corrected chi connectivity index (χ2v) is 6.88. The molecule has 2 aromatic rings. The van der Waals surface area contributed by atoms with E-state index < -0.39 is 0 Å². The number of aryl methyl sites for hydroxylation is 1. The molecule has 0 aliphatic carbocycles. The van der Waals surface area contributed by atoms with Gasteiger partial charge < -0.3 is 15.7 Å². The number of aromatic nitrogens is 2. The van der Waals surface area contributed by atoms with Crippen LogP contribution >= 0.6 is 0 Å². The van der Waals surface area contributed by atoms with Crippen LogP contribution in [0.3, 0.4) is 0 Å². The van der Waals surface area contributed by atoms with Gasteiger partial charge in [0.2, 0.25) is 0 Å². The Bertz CT molecular complexity index is 669. The number of hydrogen-bond acceptors (Lipinski definition) is 5. The molecule has 0 amide bonds.